The van der Waals surface area contributed by atoms with Crippen LogP contribution in [0.15, 0.2) is 0 Å². The van der Waals surface area contributed by atoms with E-state index in [0.29, 0.717) is 6.10 Å². The zero-order valence-electron chi connectivity index (χ0n) is 4.76. The first-order valence-corrected chi connectivity index (χ1v) is 3.03. The van der Waals surface area contributed by atoms with Gasteiger partial charge in [-0.05, 0) is 0 Å². The van der Waals surface area contributed by atoms with E-state index in [9.17, 15) is 0 Å². The molecule has 50 valence electrons. The molecule has 3 aliphatic heterocycles. The molecule has 5 heteroatoms. The second kappa shape index (κ2) is 1.14. The van der Waals surface area contributed by atoms with Gasteiger partial charge >= 0.3 is 0 Å². The van der Waals surface area contributed by atoms with Gasteiger partial charge in [-0.3, -0.25) is 4.84 Å². The molecule has 2 atom stereocenters. The van der Waals surface area contributed by atoms with Gasteiger partial charge in [-0.15, -0.1) is 5.59 Å². The zero-order valence-corrected chi connectivity index (χ0v) is 4.76. The van der Waals surface area contributed by atoms with E-state index in [1.807, 2.05) is 5.01 Å². The van der Waals surface area contributed by atoms with Gasteiger partial charge in [0.15, 0.2) is 0 Å². The van der Waals surface area contributed by atoms with Crippen molar-refractivity contribution >= 4 is 0 Å². The van der Waals surface area contributed by atoms with Crippen LogP contribution in [0.4, 0.5) is 0 Å². The fraction of sp³-hybridized carbons (Fsp3) is 1.00. The highest BCUT2D eigenvalue weighted by Gasteiger charge is 2.60. The van der Waals surface area contributed by atoms with Crippen molar-refractivity contribution in [3.8, 4) is 0 Å². The summed E-state index contributed by atoms with van der Waals surface area (Å²) in [7, 11) is 0. The van der Waals surface area contributed by atoms with Gasteiger partial charge in [0.25, 0.3) is 0 Å². The standard InChI is InChI=1S/C4H7N3O2/c1-3-2-7-4(1,5-8-3)9-6-7/h3,5-6H,1-2H2. The first kappa shape index (κ1) is 4.59. The Bertz CT molecular complexity index is 164. The Morgan fingerprint density at radius 1 is 1.67 bits per heavy atom. The molecule has 0 aromatic carbocycles. The summed E-state index contributed by atoms with van der Waals surface area (Å²) in [5.74, 6) is -0.301. The normalized spacial score (nSPS) is 55.3. The number of hydroxylamine groups is 1. The van der Waals surface area contributed by atoms with Crippen LogP contribution in [0.2, 0.25) is 0 Å². The summed E-state index contributed by atoms with van der Waals surface area (Å²) < 4.78 is 0. The highest BCUT2D eigenvalue weighted by Crippen LogP contribution is 2.38. The van der Waals surface area contributed by atoms with Crippen LogP contribution in [-0.2, 0) is 9.68 Å². The van der Waals surface area contributed by atoms with Crippen LogP contribution >= 0.6 is 0 Å². The minimum Gasteiger partial charge on any atom is -0.293 e. The fourth-order valence-electron chi connectivity index (χ4n) is 1.51. The van der Waals surface area contributed by atoms with E-state index < -0.39 is 0 Å². The van der Waals surface area contributed by atoms with Gasteiger partial charge in [0.2, 0.25) is 5.85 Å². The molecule has 1 spiro atoms. The Balaban J connectivity index is 2.00. The van der Waals surface area contributed by atoms with E-state index in [2.05, 4.69) is 11.1 Å². The number of hydrogen-bond donors (Lipinski definition) is 2. The molecule has 2 bridgehead atoms. The molecule has 0 aromatic heterocycles. The smallest absolute Gasteiger partial charge is 0.236 e. The molecule has 0 aliphatic carbocycles. The van der Waals surface area contributed by atoms with E-state index >= 15 is 0 Å². The minimum absolute atomic E-state index is 0.301. The Morgan fingerprint density at radius 2 is 2.67 bits per heavy atom. The van der Waals surface area contributed by atoms with Crippen LogP contribution in [0, 0.1) is 0 Å². The first-order chi connectivity index (χ1) is 4.39. The summed E-state index contributed by atoms with van der Waals surface area (Å²) in [6.45, 7) is 0.924. The van der Waals surface area contributed by atoms with Gasteiger partial charge < -0.3 is 0 Å². The summed E-state index contributed by atoms with van der Waals surface area (Å²) in [5, 5.41) is 2.00. The maximum atomic E-state index is 5.12. The Labute approximate surface area is 51.8 Å². The first-order valence-electron chi connectivity index (χ1n) is 3.03. The molecular formula is C4H7N3O2. The van der Waals surface area contributed by atoms with Gasteiger partial charge in [0.1, 0.15) is 0 Å². The number of nitrogens with zero attached hydrogens (tertiary/aromatic N) is 1. The lowest BCUT2D eigenvalue weighted by atomic mass is 10.3. The molecule has 5 nitrogen and oxygen atoms in total. The molecule has 2 N–H and O–H groups in total. The molecule has 2 unspecified atom stereocenters. The Hall–Kier alpha value is -0.200. The van der Waals surface area contributed by atoms with Crippen LogP contribution in [-0.4, -0.2) is 23.5 Å². The Kier molecular flexibility index (Phi) is 0.581. The van der Waals surface area contributed by atoms with E-state index in [0.717, 1.165) is 13.0 Å². The molecular weight excluding hydrogens is 122 g/mol. The number of hydrazine groups is 1. The molecule has 3 fully saturated rings. The maximum absolute atomic E-state index is 5.12. The Morgan fingerprint density at radius 3 is 3.00 bits per heavy atom. The molecule has 3 heterocycles. The minimum atomic E-state index is -0.301. The number of nitrogens with one attached hydrogen (secondary N) is 2. The third-order valence-corrected chi connectivity index (χ3v) is 2.04. The van der Waals surface area contributed by atoms with E-state index in [-0.39, 0.29) is 5.85 Å². The third kappa shape index (κ3) is 0.365. The second-order valence-corrected chi connectivity index (χ2v) is 2.63. The zero-order chi connectivity index (χ0) is 5.90. The summed E-state index contributed by atoms with van der Waals surface area (Å²) in [5.41, 5.74) is 5.53. The van der Waals surface area contributed by atoms with Crippen LogP contribution in [0.25, 0.3) is 0 Å². The topological polar surface area (TPSA) is 45.8 Å². The summed E-state index contributed by atoms with van der Waals surface area (Å²) in [6, 6.07) is 0. The largest absolute Gasteiger partial charge is 0.293 e. The van der Waals surface area contributed by atoms with Crippen molar-refractivity contribution in [2.75, 3.05) is 6.54 Å². The van der Waals surface area contributed by atoms with Crippen LogP contribution in [0.3, 0.4) is 0 Å². The van der Waals surface area contributed by atoms with Crippen LogP contribution in [0.1, 0.15) is 6.42 Å². The highest BCUT2D eigenvalue weighted by atomic mass is 16.8. The third-order valence-electron chi connectivity index (χ3n) is 2.04. The van der Waals surface area contributed by atoms with E-state index in [4.69, 9.17) is 9.68 Å². The van der Waals surface area contributed by atoms with Gasteiger partial charge in [0.05, 0.1) is 6.10 Å². The van der Waals surface area contributed by atoms with Crippen LogP contribution in [0.5, 0.6) is 0 Å². The molecule has 3 rings (SSSR count). The lowest BCUT2D eigenvalue weighted by molar-refractivity contribution is -0.405. The van der Waals surface area contributed by atoms with Crippen molar-refractivity contribution in [3.63, 3.8) is 0 Å². The van der Waals surface area contributed by atoms with Gasteiger partial charge in [-0.25, -0.2) is 4.84 Å². The van der Waals surface area contributed by atoms with Crippen molar-refractivity contribution < 1.29 is 9.68 Å². The lowest BCUT2D eigenvalue weighted by Crippen LogP contribution is -2.73. The maximum Gasteiger partial charge on any atom is 0.236 e. The van der Waals surface area contributed by atoms with E-state index in [1.54, 1.807) is 0 Å². The number of fused-ring (bicyclic) bond motifs is 1. The summed E-state index contributed by atoms with van der Waals surface area (Å²) in [4.78, 5) is 10.2. The van der Waals surface area contributed by atoms with Crippen LogP contribution < -0.4 is 11.1 Å². The van der Waals surface area contributed by atoms with Crippen molar-refractivity contribution in [2.45, 2.75) is 18.4 Å². The average Bonchev–Trinajstić information content (AvgIpc) is 2.32. The molecule has 3 saturated heterocycles. The fourth-order valence-corrected chi connectivity index (χ4v) is 1.51. The summed E-state index contributed by atoms with van der Waals surface area (Å²) in [6.07, 6.45) is 1.24. The predicted octanol–water partition coefficient (Wildman–Crippen LogP) is -1.30. The van der Waals surface area contributed by atoms with Crippen molar-refractivity contribution in [3.05, 3.63) is 0 Å². The number of hydrogen-bond acceptors (Lipinski definition) is 5. The van der Waals surface area contributed by atoms with Crippen molar-refractivity contribution in [1.82, 2.24) is 16.1 Å². The predicted molar refractivity (Wildman–Crippen MR) is 26.3 cm³/mol. The SMILES string of the molecule is C1C2CC3(NO2)ONN13. The highest BCUT2D eigenvalue weighted by molar-refractivity contribution is 4.94. The van der Waals surface area contributed by atoms with Gasteiger partial charge in [-0.2, -0.15) is 10.5 Å². The van der Waals surface area contributed by atoms with Crippen molar-refractivity contribution in [2.24, 2.45) is 0 Å². The molecule has 0 amide bonds. The quantitative estimate of drug-likeness (QED) is 0.425. The monoisotopic (exact) mass is 129 g/mol. The molecule has 3 aliphatic rings. The van der Waals surface area contributed by atoms with Gasteiger partial charge in [-0.1, -0.05) is 0 Å². The molecule has 0 aromatic rings. The van der Waals surface area contributed by atoms with Crippen molar-refractivity contribution in [1.29, 1.82) is 0 Å². The van der Waals surface area contributed by atoms with Gasteiger partial charge in [0, 0.05) is 13.0 Å². The molecule has 0 saturated carbocycles. The molecule has 0 radical (unpaired) electrons. The van der Waals surface area contributed by atoms with E-state index in [1.165, 1.54) is 0 Å². The number of rotatable bonds is 0. The lowest BCUT2D eigenvalue weighted by Gasteiger charge is -2.45. The average molecular weight is 129 g/mol. The second-order valence-electron chi connectivity index (χ2n) is 2.63. The summed E-state index contributed by atoms with van der Waals surface area (Å²) >= 11 is 0. The molecule has 9 heavy (non-hydrogen) atoms.